The summed E-state index contributed by atoms with van der Waals surface area (Å²) in [5.41, 5.74) is 1.00. The van der Waals surface area contributed by atoms with Crippen molar-refractivity contribution in [2.75, 3.05) is 6.54 Å². The van der Waals surface area contributed by atoms with Crippen molar-refractivity contribution in [1.29, 1.82) is 0 Å². The summed E-state index contributed by atoms with van der Waals surface area (Å²) in [5, 5.41) is 3.30. The summed E-state index contributed by atoms with van der Waals surface area (Å²) in [6, 6.07) is 7.42. The van der Waals surface area contributed by atoms with Crippen LogP contribution in [0.4, 0.5) is 0 Å². The van der Waals surface area contributed by atoms with Gasteiger partial charge in [0.1, 0.15) is 0 Å². The number of sulfonamides is 1. The number of hydrogen-bond donors (Lipinski definition) is 2. The maximum absolute atomic E-state index is 12.1. The summed E-state index contributed by atoms with van der Waals surface area (Å²) in [6.45, 7) is 11.3. The van der Waals surface area contributed by atoms with E-state index in [1.165, 1.54) is 0 Å². The maximum Gasteiger partial charge on any atom is 0.240 e. The monoisotopic (exact) mass is 298 g/mol. The van der Waals surface area contributed by atoms with Crippen LogP contribution in [0, 0.1) is 5.41 Å². The Bertz CT molecular complexity index is 514. The van der Waals surface area contributed by atoms with Crippen LogP contribution in [0.15, 0.2) is 29.2 Å². The lowest BCUT2D eigenvalue weighted by atomic mass is 9.98. The first-order valence-corrected chi connectivity index (χ1v) is 8.40. The first-order chi connectivity index (χ1) is 9.10. The van der Waals surface area contributed by atoms with Crippen molar-refractivity contribution in [3.8, 4) is 0 Å². The highest BCUT2D eigenvalue weighted by Gasteiger charge is 2.18. The summed E-state index contributed by atoms with van der Waals surface area (Å²) in [5.74, 6) is 0. The first-order valence-electron chi connectivity index (χ1n) is 6.92. The summed E-state index contributed by atoms with van der Waals surface area (Å²) in [6.07, 6.45) is 0. The van der Waals surface area contributed by atoms with Crippen LogP contribution < -0.4 is 10.0 Å². The van der Waals surface area contributed by atoms with Crippen LogP contribution in [0.2, 0.25) is 0 Å². The van der Waals surface area contributed by atoms with Crippen LogP contribution in [-0.4, -0.2) is 21.0 Å². The molecule has 0 spiro atoms. The fourth-order valence-electron chi connectivity index (χ4n) is 1.50. The Hall–Kier alpha value is -0.910. The Kier molecular flexibility index (Phi) is 5.74. The molecule has 0 radical (unpaired) electrons. The third-order valence-corrected chi connectivity index (χ3v) is 4.16. The predicted octanol–water partition coefficient (Wildman–Crippen LogP) is 2.51. The highest BCUT2D eigenvalue weighted by Crippen LogP contribution is 2.15. The van der Waals surface area contributed by atoms with Crippen LogP contribution in [0.1, 0.15) is 40.2 Å². The van der Waals surface area contributed by atoms with Gasteiger partial charge in [-0.05, 0) is 23.1 Å². The molecule has 1 aromatic rings. The Morgan fingerprint density at radius 3 is 2.10 bits per heavy atom. The van der Waals surface area contributed by atoms with Gasteiger partial charge in [-0.25, -0.2) is 13.1 Å². The number of hydrogen-bond acceptors (Lipinski definition) is 3. The molecule has 5 heteroatoms. The van der Waals surface area contributed by atoms with Crippen LogP contribution in [0.5, 0.6) is 0 Å². The molecule has 20 heavy (non-hydrogen) atoms. The Morgan fingerprint density at radius 1 is 1.10 bits per heavy atom. The van der Waals surface area contributed by atoms with Gasteiger partial charge in [-0.2, -0.15) is 0 Å². The highest BCUT2D eigenvalue weighted by molar-refractivity contribution is 7.89. The van der Waals surface area contributed by atoms with Crippen LogP contribution in [0.3, 0.4) is 0 Å². The second kappa shape index (κ2) is 6.70. The van der Waals surface area contributed by atoms with Crippen molar-refractivity contribution in [1.82, 2.24) is 10.0 Å². The van der Waals surface area contributed by atoms with Gasteiger partial charge in [0.2, 0.25) is 10.0 Å². The molecular weight excluding hydrogens is 272 g/mol. The van der Waals surface area contributed by atoms with Crippen LogP contribution >= 0.6 is 0 Å². The molecule has 0 aliphatic carbocycles. The number of rotatable bonds is 6. The molecule has 2 N–H and O–H groups in total. The smallest absolute Gasteiger partial charge is 0.240 e. The molecule has 114 valence electrons. The second-order valence-electron chi connectivity index (χ2n) is 6.56. The molecule has 0 fully saturated rings. The van der Waals surface area contributed by atoms with Crippen molar-refractivity contribution in [3.05, 3.63) is 29.8 Å². The third-order valence-electron chi connectivity index (χ3n) is 2.74. The van der Waals surface area contributed by atoms with E-state index in [1.54, 1.807) is 12.1 Å². The first kappa shape index (κ1) is 17.1. The van der Waals surface area contributed by atoms with Crippen molar-refractivity contribution in [2.24, 2.45) is 5.41 Å². The molecular formula is C15H26N2O2S. The Labute approximate surface area is 123 Å². The average Bonchev–Trinajstić information content (AvgIpc) is 2.34. The molecule has 1 rings (SSSR count). The topological polar surface area (TPSA) is 58.2 Å². The van der Waals surface area contributed by atoms with Gasteiger partial charge in [0.05, 0.1) is 4.90 Å². The van der Waals surface area contributed by atoms with E-state index in [-0.39, 0.29) is 5.41 Å². The van der Waals surface area contributed by atoms with Gasteiger partial charge in [0.15, 0.2) is 0 Å². The lowest BCUT2D eigenvalue weighted by Crippen LogP contribution is -2.32. The van der Waals surface area contributed by atoms with E-state index in [4.69, 9.17) is 0 Å². The van der Waals surface area contributed by atoms with Gasteiger partial charge in [0.25, 0.3) is 0 Å². The zero-order valence-corrected chi connectivity index (χ0v) is 13.8. The number of benzene rings is 1. The van der Waals surface area contributed by atoms with Crippen molar-refractivity contribution < 1.29 is 8.42 Å². The minimum atomic E-state index is -3.41. The molecule has 4 nitrogen and oxygen atoms in total. The van der Waals surface area contributed by atoms with E-state index in [0.717, 1.165) is 12.1 Å². The highest BCUT2D eigenvalue weighted by atomic mass is 32.2. The predicted molar refractivity (Wildman–Crippen MR) is 83.1 cm³/mol. The van der Waals surface area contributed by atoms with Gasteiger partial charge in [-0.15, -0.1) is 0 Å². The van der Waals surface area contributed by atoms with E-state index >= 15 is 0 Å². The van der Waals surface area contributed by atoms with Gasteiger partial charge in [-0.1, -0.05) is 46.8 Å². The zero-order valence-electron chi connectivity index (χ0n) is 13.0. The van der Waals surface area contributed by atoms with E-state index in [2.05, 4.69) is 23.9 Å². The molecule has 0 aliphatic rings. The normalized spacial score (nSPS) is 12.9. The molecule has 0 saturated heterocycles. The standard InChI is InChI=1S/C15H26N2O2S/c1-12(2)16-10-13-6-8-14(9-7-13)20(18,19)17-11-15(3,4)5/h6-9,12,16-17H,10-11H2,1-5H3. The maximum atomic E-state index is 12.1. The summed E-state index contributed by atoms with van der Waals surface area (Å²) < 4.78 is 26.9. The molecule has 0 saturated carbocycles. The minimum Gasteiger partial charge on any atom is -0.310 e. The summed E-state index contributed by atoms with van der Waals surface area (Å²) >= 11 is 0. The second-order valence-corrected chi connectivity index (χ2v) is 8.33. The molecule has 0 amide bonds. The lowest BCUT2D eigenvalue weighted by molar-refractivity contribution is 0.407. The van der Waals surface area contributed by atoms with Crippen molar-refractivity contribution in [2.45, 2.75) is 52.1 Å². The average molecular weight is 298 g/mol. The Balaban J connectivity index is 2.72. The molecule has 0 bridgehead atoms. The SMILES string of the molecule is CC(C)NCc1ccc(S(=O)(=O)NCC(C)(C)C)cc1. The molecule has 1 aromatic carbocycles. The van der Waals surface area contributed by atoms with Crippen LogP contribution in [0.25, 0.3) is 0 Å². The van der Waals surface area contributed by atoms with E-state index in [0.29, 0.717) is 17.5 Å². The van der Waals surface area contributed by atoms with Gasteiger partial charge >= 0.3 is 0 Å². The van der Waals surface area contributed by atoms with Crippen LogP contribution in [-0.2, 0) is 16.6 Å². The van der Waals surface area contributed by atoms with E-state index < -0.39 is 10.0 Å². The summed E-state index contributed by atoms with van der Waals surface area (Å²) in [4.78, 5) is 0.315. The quantitative estimate of drug-likeness (QED) is 0.848. The van der Waals surface area contributed by atoms with Crippen molar-refractivity contribution in [3.63, 3.8) is 0 Å². The molecule has 0 heterocycles. The summed E-state index contributed by atoms with van der Waals surface area (Å²) in [7, 11) is -3.41. The molecule has 0 aromatic heterocycles. The lowest BCUT2D eigenvalue weighted by Gasteiger charge is -2.18. The van der Waals surface area contributed by atoms with Gasteiger partial charge in [0, 0.05) is 19.1 Å². The fourth-order valence-corrected chi connectivity index (χ4v) is 2.79. The van der Waals surface area contributed by atoms with Gasteiger partial charge in [-0.3, -0.25) is 0 Å². The minimum absolute atomic E-state index is 0.0752. The number of nitrogens with one attached hydrogen (secondary N) is 2. The van der Waals surface area contributed by atoms with E-state index in [9.17, 15) is 8.42 Å². The molecule has 0 atom stereocenters. The molecule has 0 aliphatic heterocycles. The van der Waals surface area contributed by atoms with E-state index in [1.807, 2.05) is 32.9 Å². The van der Waals surface area contributed by atoms with Gasteiger partial charge < -0.3 is 5.32 Å². The zero-order chi connectivity index (χ0) is 15.4. The largest absolute Gasteiger partial charge is 0.310 e. The Morgan fingerprint density at radius 2 is 1.65 bits per heavy atom. The van der Waals surface area contributed by atoms with Crippen molar-refractivity contribution >= 4 is 10.0 Å². The fraction of sp³-hybridized carbons (Fsp3) is 0.600. The molecule has 0 unspecified atom stereocenters. The third kappa shape index (κ3) is 6.03.